The van der Waals surface area contributed by atoms with Crippen LogP contribution in [0.5, 0.6) is 11.5 Å². The molecule has 1 aromatic heterocycles. The third kappa shape index (κ3) is 2.93. The van der Waals surface area contributed by atoms with Crippen molar-refractivity contribution in [3.63, 3.8) is 0 Å². The standard InChI is InChI=1S/C20H18N2O3S/c1-24-14-8-6-12(7-9-14)18-19-20(26-22-18)16(11-17(23)21-19)13-4-3-5-15(10-13)25-2/h3-10,16H,11H2,1-2H3,(H,21,23)/t16-/m0/s1. The molecule has 1 amide bonds. The van der Waals surface area contributed by atoms with E-state index in [1.165, 1.54) is 11.5 Å². The van der Waals surface area contributed by atoms with E-state index in [1.54, 1.807) is 14.2 Å². The number of benzene rings is 2. The number of fused-ring (bicyclic) bond motifs is 1. The number of amides is 1. The maximum absolute atomic E-state index is 12.4. The number of aromatic nitrogens is 1. The molecule has 0 spiro atoms. The number of ether oxygens (including phenoxy) is 2. The maximum atomic E-state index is 12.4. The first-order valence-electron chi connectivity index (χ1n) is 8.27. The molecule has 2 aromatic carbocycles. The quantitative estimate of drug-likeness (QED) is 0.748. The molecule has 6 heteroatoms. The lowest BCUT2D eigenvalue weighted by Crippen LogP contribution is -2.22. The zero-order valence-electron chi connectivity index (χ0n) is 14.5. The van der Waals surface area contributed by atoms with Crippen molar-refractivity contribution in [3.8, 4) is 22.8 Å². The minimum absolute atomic E-state index is 0.000261. The number of hydrogen-bond acceptors (Lipinski definition) is 5. The van der Waals surface area contributed by atoms with Crippen LogP contribution in [-0.4, -0.2) is 24.5 Å². The minimum atomic E-state index is -0.0154. The molecule has 26 heavy (non-hydrogen) atoms. The van der Waals surface area contributed by atoms with Crippen molar-refractivity contribution in [2.75, 3.05) is 19.5 Å². The summed E-state index contributed by atoms with van der Waals surface area (Å²) in [5.74, 6) is 1.56. The average molecular weight is 366 g/mol. The Balaban J connectivity index is 1.76. The molecule has 5 nitrogen and oxygen atoms in total. The first-order chi connectivity index (χ1) is 12.7. The average Bonchev–Trinajstić information content (AvgIpc) is 3.11. The van der Waals surface area contributed by atoms with Gasteiger partial charge in [-0.25, -0.2) is 0 Å². The Hall–Kier alpha value is -2.86. The van der Waals surface area contributed by atoms with Gasteiger partial charge in [0.25, 0.3) is 0 Å². The van der Waals surface area contributed by atoms with Crippen LogP contribution in [0.1, 0.15) is 22.8 Å². The molecular formula is C20H18N2O3S. The van der Waals surface area contributed by atoms with Crippen LogP contribution in [0.15, 0.2) is 48.5 Å². The topological polar surface area (TPSA) is 60.5 Å². The monoisotopic (exact) mass is 366 g/mol. The normalized spacial score (nSPS) is 15.9. The first kappa shape index (κ1) is 16.6. The molecule has 0 radical (unpaired) electrons. The Labute approximate surface area is 155 Å². The summed E-state index contributed by atoms with van der Waals surface area (Å²) in [5.41, 5.74) is 3.62. The summed E-state index contributed by atoms with van der Waals surface area (Å²) in [6.45, 7) is 0. The van der Waals surface area contributed by atoms with Gasteiger partial charge < -0.3 is 14.8 Å². The van der Waals surface area contributed by atoms with E-state index in [4.69, 9.17) is 9.47 Å². The number of carbonyl (C=O) groups is 1. The Kier molecular flexibility index (Phi) is 4.34. The van der Waals surface area contributed by atoms with Crippen molar-refractivity contribution in [2.45, 2.75) is 12.3 Å². The molecular weight excluding hydrogens is 348 g/mol. The van der Waals surface area contributed by atoms with E-state index in [2.05, 4.69) is 9.69 Å². The Morgan fingerprint density at radius 3 is 2.58 bits per heavy atom. The highest BCUT2D eigenvalue weighted by Gasteiger charge is 2.31. The summed E-state index contributed by atoms with van der Waals surface area (Å²) in [6.07, 6.45) is 0.407. The van der Waals surface area contributed by atoms with Crippen LogP contribution in [0.25, 0.3) is 11.3 Å². The first-order valence-corrected chi connectivity index (χ1v) is 9.04. The lowest BCUT2D eigenvalue weighted by atomic mass is 9.89. The summed E-state index contributed by atoms with van der Waals surface area (Å²) >= 11 is 1.44. The van der Waals surface area contributed by atoms with Gasteiger partial charge in [0, 0.05) is 17.9 Å². The van der Waals surface area contributed by atoms with Crippen molar-refractivity contribution >= 4 is 23.1 Å². The van der Waals surface area contributed by atoms with E-state index < -0.39 is 0 Å². The van der Waals surface area contributed by atoms with Crippen molar-refractivity contribution < 1.29 is 14.3 Å². The van der Waals surface area contributed by atoms with E-state index in [1.807, 2.05) is 48.5 Å². The van der Waals surface area contributed by atoms with Gasteiger partial charge in [-0.15, -0.1) is 0 Å². The molecule has 4 rings (SSSR count). The number of nitrogens with zero attached hydrogens (tertiary/aromatic N) is 1. The van der Waals surface area contributed by atoms with E-state index >= 15 is 0 Å². The van der Waals surface area contributed by atoms with E-state index in [0.29, 0.717) is 6.42 Å². The summed E-state index contributed by atoms with van der Waals surface area (Å²) in [5, 5.41) is 3.01. The molecule has 0 fully saturated rings. The molecule has 1 aliphatic rings. The number of rotatable bonds is 4. The van der Waals surface area contributed by atoms with Crippen molar-refractivity contribution in [1.29, 1.82) is 0 Å². The van der Waals surface area contributed by atoms with E-state index in [9.17, 15) is 4.79 Å². The highest BCUT2D eigenvalue weighted by atomic mass is 32.1. The molecule has 2 heterocycles. The van der Waals surface area contributed by atoms with E-state index in [0.717, 1.165) is 38.9 Å². The van der Waals surface area contributed by atoms with Gasteiger partial charge in [0.2, 0.25) is 5.91 Å². The van der Waals surface area contributed by atoms with Crippen LogP contribution < -0.4 is 14.8 Å². The third-order valence-corrected chi connectivity index (χ3v) is 5.51. The van der Waals surface area contributed by atoms with Crippen molar-refractivity contribution in [1.82, 2.24) is 4.37 Å². The molecule has 1 aliphatic heterocycles. The van der Waals surface area contributed by atoms with Gasteiger partial charge in [-0.2, -0.15) is 4.37 Å². The fraction of sp³-hybridized carbons (Fsp3) is 0.200. The zero-order valence-corrected chi connectivity index (χ0v) is 15.3. The van der Waals surface area contributed by atoms with Gasteiger partial charge in [0.05, 0.1) is 24.8 Å². The fourth-order valence-corrected chi connectivity index (χ4v) is 4.18. The zero-order chi connectivity index (χ0) is 18.1. The SMILES string of the molecule is COc1ccc(-c2nsc3c2NC(=O)C[C@H]3c2cccc(OC)c2)cc1. The minimum Gasteiger partial charge on any atom is -0.497 e. The second kappa shape index (κ2) is 6.80. The second-order valence-electron chi connectivity index (χ2n) is 6.08. The van der Waals surface area contributed by atoms with Crippen molar-refractivity contribution in [2.24, 2.45) is 0 Å². The van der Waals surface area contributed by atoms with E-state index in [-0.39, 0.29) is 11.8 Å². The smallest absolute Gasteiger partial charge is 0.225 e. The van der Waals surface area contributed by atoms with Crippen LogP contribution in [0, 0.1) is 0 Å². The lowest BCUT2D eigenvalue weighted by Gasteiger charge is -2.23. The Morgan fingerprint density at radius 2 is 1.85 bits per heavy atom. The molecule has 0 aliphatic carbocycles. The molecule has 0 unspecified atom stereocenters. The molecule has 0 bridgehead atoms. The predicted molar refractivity (Wildman–Crippen MR) is 102 cm³/mol. The van der Waals surface area contributed by atoms with Crippen molar-refractivity contribution in [3.05, 3.63) is 59.0 Å². The Bertz CT molecular complexity index is 950. The van der Waals surface area contributed by atoms with Gasteiger partial charge in [0.15, 0.2) is 0 Å². The summed E-state index contributed by atoms with van der Waals surface area (Å²) < 4.78 is 15.2. The molecule has 0 saturated carbocycles. The molecule has 1 N–H and O–H groups in total. The molecule has 3 aromatic rings. The summed E-state index contributed by atoms with van der Waals surface area (Å²) in [7, 11) is 3.28. The van der Waals surface area contributed by atoms with Gasteiger partial charge >= 0.3 is 0 Å². The highest BCUT2D eigenvalue weighted by molar-refractivity contribution is 7.07. The fourth-order valence-electron chi connectivity index (χ4n) is 3.20. The largest absolute Gasteiger partial charge is 0.497 e. The lowest BCUT2D eigenvalue weighted by molar-refractivity contribution is -0.116. The summed E-state index contributed by atoms with van der Waals surface area (Å²) in [4.78, 5) is 13.4. The number of anilines is 1. The molecule has 1 atom stereocenters. The third-order valence-electron chi connectivity index (χ3n) is 4.55. The van der Waals surface area contributed by atoms with Crippen LogP contribution >= 0.6 is 11.5 Å². The summed E-state index contributed by atoms with van der Waals surface area (Å²) in [6, 6.07) is 15.6. The van der Waals surface area contributed by atoms with Crippen LogP contribution in [0.4, 0.5) is 5.69 Å². The number of carbonyl (C=O) groups excluding carboxylic acids is 1. The van der Waals surface area contributed by atoms with Gasteiger partial charge in [0.1, 0.15) is 17.2 Å². The second-order valence-corrected chi connectivity index (χ2v) is 6.89. The van der Waals surface area contributed by atoms with Gasteiger partial charge in [-0.3, -0.25) is 4.79 Å². The molecule has 132 valence electrons. The maximum Gasteiger partial charge on any atom is 0.225 e. The van der Waals surface area contributed by atoms with Crippen LogP contribution in [0.2, 0.25) is 0 Å². The van der Waals surface area contributed by atoms with Crippen LogP contribution in [-0.2, 0) is 4.79 Å². The number of methoxy groups -OCH3 is 2. The number of hydrogen-bond donors (Lipinski definition) is 1. The predicted octanol–water partition coefficient (Wildman–Crippen LogP) is 4.30. The highest BCUT2D eigenvalue weighted by Crippen LogP contribution is 2.45. The molecule has 0 saturated heterocycles. The van der Waals surface area contributed by atoms with Gasteiger partial charge in [-0.1, -0.05) is 12.1 Å². The number of nitrogens with one attached hydrogen (secondary N) is 1. The Morgan fingerprint density at radius 1 is 1.08 bits per heavy atom. The van der Waals surface area contributed by atoms with Crippen LogP contribution in [0.3, 0.4) is 0 Å². The van der Waals surface area contributed by atoms with Gasteiger partial charge in [-0.05, 0) is 53.5 Å².